The van der Waals surface area contributed by atoms with Crippen LogP contribution in [0.4, 0.5) is 0 Å². The first kappa shape index (κ1) is 10.3. The average molecular weight is 202 g/mol. The van der Waals surface area contributed by atoms with E-state index in [1.54, 1.807) is 13.0 Å². The number of hydrogen-bond donors (Lipinski definition) is 2. The Bertz CT molecular complexity index is 345. The first-order chi connectivity index (χ1) is 6.13. The maximum atomic E-state index is 8.24. The Labute approximate surface area is 81.4 Å². The summed E-state index contributed by atoms with van der Waals surface area (Å²) >= 11 is 5.64. The van der Waals surface area contributed by atoms with Crippen molar-refractivity contribution in [3.05, 3.63) is 23.2 Å². The molecular weight excluding hydrogens is 190 g/mol. The summed E-state index contributed by atoms with van der Waals surface area (Å²) in [5.41, 5.74) is 6.55. The minimum absolute atomic E-state index is 0.338. The summed E-state index contributed by atoms with van der Waals surface area (Å²) in [5, 5.41) is 8.95. The molecule has 0 aliphatic heterocycles. The molecular formula is C9H12ClNO2. The van der Waals surface area contributed by atoms with E-state index >= 15 is 0 Å². The van der Waals surface area contributed by atoms with Crippen LogP contribution in [0.2, 0.25) is 5.02 Å². The summed E-state index contributed by atoms with van der Waals surface area (Å²) in [4.78, 5) is 0. The van der Waals surface area contributed by atoms with Crippen LogP contribution >= 0.6 is 11.6 Å². The number of benzene rings is 1. The van der Waals surface area contributed by atoms with Gasteiger partial charge in [-0.1, -0.05) is 11.6 Å². The van der Waals surface area contributed by atoms with E-state index in [2.05, 4.69) is 0 Å². The summed E-state index contributed by atoms with van der Waals surface area (Å²) in [6.45, 7) is 2.01. The summed E-state index contributed by atoms with van der Waals surface area (Å²) in [6, 6.07) is 5.55. The molecule has 2 heterocycles. The fourth-order valence-corrected chi connectivity index (χ4v) is 0.964. The van der Waals surface area contributed by atoms with Crippen molar-refractivity contribution in [3.63, 3.8) is 0 Å². The lowest BCUT2D eigenvalue weighted by molar-refractivity contribution is 0.203. The van der Waals surface area contributed by atoms with E-state index in [-0.39, 0.29) is 6.10 Å². The Balaban J connectivity index is 0.000000149. The minimum Gasteiger partial charge on any atom is -0.456 e. The van der Waals surface area contributed by atoms with Gasteiger partial charge in [0.05, 0.1) is 11.1 Å². The fourth-order valence-electron chi connectivity index (χ4n) is 0.755. The number of aliphatic hydroxyl groups excluding tert-OH is 1. The molecule has 72 valence electrons. The lowest BCUT2D eigenvalue weighted by Gasteiger charge is -1.91. The van der Waals surface area contributed by atoms with Gasteiger partial charge < -0.3 is 15.3 Å². The SMILES string of the molecule is CC(O)CN.Clc1cc2ccc1o2. The third-order valence-electron chi connectivity index (χ3n) is 1.47. The summed E-state index contributed by atoms with van der Waals surface area (Å²) in [5.74, 6) is 0. The van der Waals surface area contributed by atoms with Crippen LogP contribution in [0, 0.1) is 0 Å². The number of hydrogen-bond acceptors (Lipinski definition) is 3. The number of fused-ring (bicyclic) bond motifs is 2. The predicted molar refractivity (Wildman–Crippen MR) is 53.1 cm³/mol. The van der Waals surface area contributed by atoms with Crippen LogP contribution in [0.1, 0.15) is 6.92 Å². The molecule has 2 bridgehead atoms. The zero-order valence-corrected chi connectivity index (χ0v) is 8.08. The second-order valence-electron chi connectivity index (χ2n) is 2.78. The molecule has 3 N–H and O–H groups in total. The van der Waals surface area contributed by atoms with Gasteiger partial charge in [0.2, 0.25) is 0 Å². The maximum Gasteiger partial charge on any atom is 0.146 e. The summed E-state index contributed by atoms with van der Waals surface area (Å²) in [7, 11) is 0. The third-order valence-corrected chi connectivity index (χ3v) is 1.77. The van der Waals surface area contributed by atoms with Crippen LogP contribution < -0.4 is 5.73 Å². The predicted octanol–water partition coefficient (Wildman–Crippen LogP) is 1.85. The second kappa shape index (κ2) is 4.46. The highest BCUT2D eigenvalue weighted by molar-refractivity contribution is 6.34. The Morgan fingerprint density at radius 1 is 1.62 bits per heavy atom. The molecule has 2 aromatic rings. The van der Waals surface area contributed by atoms with Crippen molar-refractivity contribution in [1.29, 1.82) is 0 Å². The first-order valence-corrected chi connectivity index (χ1v) is 4.37. The molecule has 0 saturated carbocycles. The Kier molecular flexibility index (Phi) is 3.54. The Morgan fingerprint density at radius 3 is 2.38 bits per heavy atom. The third kappa shape index (κ3) is 2.88. The van der Waals surface area contributed by atoms with Gasteiger partial charge in [0, 0.05) is 12.6 Å². The minimum atomic E-state index is -0.338. The van der Waals surface area contributed by atoms with Crippen molar-refractivity contribution in [2.45, 2.75) is 13.0 Å². The standard InChI is InChI=1S/C6H3ClO.C3H9NO/c7-5-3-4-1-2-6(5)8-4;1-3(5)2-4/h1-3H;3,5H,2,4H2,1H3. The van der Waals surface area contributed by atoms with Gasteiger partial charge in [0.1, 0.15) is 11.2 Å². The van der Waals surface area contributed by atoms with E-state index in [0.29, 0.717) is 11.6 Å². The van der Waals surface area contributed by atoms with E-state index in [4.69, 9.17) is 26.9 Å². The van der Waals surface area contributed by atoms with Gasteiger partial charge >= 0.3 is 0 Å². The van der Waals surface area contributed by atoms with Crippen LogP contribution in [0.15, 0.2) is 22.6 Å². The summed E-state index contributed by atoms with van der Waals surface area (Å²) in [6.07, 6.45) is -0.338. The smallest absolute Gasteiger partial charge is 0.146 e. The van der Waals surface area contributed by atoms with Crippen LogP contribution in [0.3, 0.4) is 0 Å². The molecule has 0 amide bonds. The normalized spacial score (nSPS) is 12.6. The van der Waals surface area contributed by atoms with Crippen LogP contribution in [-0.2, 0) is 0 Å². The molecule has 0 aromatic carbocycles. The number of aliphatic hydroxyl groups is 1. The van der Waals surface area contributed by atoms with E-state index < -0.39 is 0 Å². The molecule has 1 atom stereocenters. The highest BCUT2D eigenvalue weighted by Gasteiger charge is 2.01. The number of halogens is 1. The Hall–Kier alpha value is -0.770. The van der Waals surface area contributed by atoms with Crippen molar-refractivity contribution in [1.82, 2.24) is 0 Å². The fraction of sp³-hybridized carbons (Fsp3) is 0.333. The zero-order valence-electron chi connectivity index (χ0n) is 7.33. The topological polar surface area (TPSA) is 59.4 Å². The van der Waals surface area contributed by atoms with Crippen LogP contribution in [0.5, 0.6) is 0 Å². The second-order valence-corrected chi connectivity index (χ2v) is 3.19. The van der Waals surface area contributed by atoms with Crippen molar-refractivity contribution in [2.75, 3.05) is 6.54 Å². The van der Waals surface area contributed by atoms with Crippen molar-refractivity contribution >= 4 is 22.8 Å². The van der Waals surface area contributed by atoms with Gasteiger partial charge in [-0.15, -0.1) is 0 Å². The molecule has 4 heteroatoms. The van der Waals surface area contributed by atoms with Crippen molar-refractivity contribution in [3.8, 4) is 0 Å². The quantitative estimate of drug-likeness (QED) is 0.741. The van der Waals surface area contributed by atoms with Crippen LogP contribution in [-0.4, -0.2) is 17.8 Å². The van der Waals surface area contributed by atoms with Gasteiger partial charge in [-0.05, 0) is 19.1 Å². The molecule has 3 nitrogen and oxygen atoms in total. The van der Waals surface area contributed by atoms with Crippen molar-refractivity contribution in [2.24, 2.45) is 5.73 Å². The van der Waals surface area contributed by atoms with Gasteiger partial charge in [-0.25, -0.2) is 0 Å². The van der Waals surface area contributed by atoms with E-state index in [1.165, 1.54) is 0 Å². The van der Waals surface area contributed by atoms with E-state index in [1.807, 2.05) is 12.1 Å². The first-order valence-electron chi connectivity index (χ1n) is 3.99. The molecule has 0 spiro atoms. The molecule has 0 fully saturated rings. The molecule has 0 radical (unpaired) electrons. The number of rotatable bonds is 1. The largest absolute Gasteiger partial charge is 0.456 e. The zero-order chi connectivity index (χ0) is 9.84. The molecule has 2 aromatic heterocycles. The Morgan fingerprint density at radius 2 is 2.23 bits per heavy atom. The molecule has 0 aliphatic rings. The molecule has 13 heavy (non-hydrogen) atoms. The maximum absolute atomic E-state index is 8.24. The number of furan rings is 2. The monoisotopic (exact) mass is 201 g/mol. The lowest BCUT2D eigenvalue weighted by atomic mass is 10.4. The average Bonchev–Trinajstić information content (AvgIpc) is 2.65. The van der Waals surface area contributed by atoms with Gasteiger partial charge in [0.25, 0.3) is 0 Å². The van der Waals surface area contributed by atoms with Gasteiger partial charge in [0.15, 0.2) is 0 Å². The van der Waals surface area contributed by atoms with E-state index in [9.17, 15) is 0 Å². The highest BCUT2D eigenvalue weighted by atomic mass is 35.5. The summed E-state index contributed by atoms with van der Waals surface area (Å²) < 4.78 is 5.08. The number of nitrogens with two attached hydrogens (primary N) is 1. The highest BCUT2D eigenvalue weighted by Crippen LogP contribution is 2.25. The lowest BCUT2D eigenvalue weighted by Crippen LogP contribution is -2.14. The molecule has 2 rings (SSSR count). The van der Waals surface area contributed by atoms with Gasteiger partial charge in [-0.3, -0.25) is 0 Å². The van der Waals surface area contributed by atoms with Crippen LogP contribution in [0.25, 0.3) is 11.2 Å². The molecule has 0 saturated heterocycles. The molecule has 0 aliphatic carbocycles. The van der Waals surface area contributed by atoms with Gasteiger partial charge in [-0.2, -0.15) is 0 Å². The molecule has 1 unspecified atom stereocenters. The van der Waals surface area contributed by atoms with Crippen molar-refractivity contribution < 1.29 is 9.52 Å². The van der Waals surface area contributed by atoms with E-state index in [0.717, 1.165) is 11.2 Å².